The van der Waals surface area contributed by atoms with Crippen LogP contribution in [0.1, 0.15) is 18.3 Å². The van der Waals surface area contributed by atoms with Gasteiger partial charge in [0.2, 0.25) is 0 Å². The summed E-state index contributed by atoms with van der Waals surface area (Å²) in [5.74, 6) is -1.15. The molecule has 0 heterocycles. The summed E-state index contributed by atoms with van der Waals surface area (Å²) >= 11 is 0. The average molecular weight is 273 g/mol. The van der Waals surface area contributed by atoms with Gasteiger partial charge >= 0.3 is 13.7 Å². The molecule has 0 aromatic heterocycles. The number of ether oxygens (including phenoxy) is 1. The smallest absolute Gasteiger partial charge is 0.408 e. The Hall–Kier alpha value is -1.36. The monoisotopic (exact) mass is 273 g/mol. The summed E-state index contributed by atoms with van der Waals surface area (Å²) < 4.78 is 21.2. The minimum atomic E-state index is -3.99. The molecule has 2 atom stereocenters. The summed E-state index contributed by atoms with van der Waals surface area (Å²) in [6, 6.07) is 8.41. The molecule has 7 heteroatoms. The highest BCUT2D eigenvalue weighted by Gasteiger charge is 2.34. The fourth-order valence-electron chi connectivity index (χ4n) is 1.38. The Morgan fingerprint density at radius 2 is 2.06 bits per heavy atom. The van der Waals surface area contributed by atoms with Crippen LogP contribution in [-0.2, 0) is 13.8 Å². The van der Waals surface area contributed by atoms with Crippen LogP contribution >= 0.6 is 7.60 Å². The van der Waals surface area contributed by atoms with Crippen LogP contribution in [0.25, 0.3) is 0 Å². The Morgan fingerprint density at radius 3 is 2.56 bits per heavy atom. The zero-order chi connectivity index (χ0) is 13.6. The summed E-state index contributed by atoms with van der Waals surface area (Å²) in [6.45, 7) is 1.82. The first-order chi connectivity index (χ1) is 8.51. The molecular formula is C11H16NO5P. The summed E-state index contributed by atoms with van der Waals surface area (Å²) in [4.78, 5) is 21.1. The Labute approximate surface area is 105 Å². The van der Waals surface area contributed by atoms with Crippen molar-refractivity contribution < 1.29 is 23.5 Å². The third-order valence-electron chi connectivity index (χ3n) is 2.23. The zero-order valence-corrected chi connectivity index (χ0v) is 11.1. The second kappa shape index (κ2) is 6.54. The van der Waals surface area contributed by atoms with Gasteiger partial charge in [-0.3, -0.25) is 4.57 Å². The lowest BCUT2D eigenvalue weighted by Gasteiger charge is -2.22. The van der Waals surface area contributed by atoms with Gasteiger partial charge in [0.25, 0.3) is 0 Å². The number of carbonyl (C=O) groups excluding carboxylic acids is 1. The van der Waals surface area contributed by atoms with E-state index in [-0.39, 0.29) is 6.61 Å². The number of alkyl carbamates (subject to hydrolysis) is 1. The van der Waals surface area contributed by atoms with Crippen molar-refractivity contribution in [1.82, 2.24) is 5.32 Å². The van der Waals surface area contributed by atoms with E-state index >= 15 is 0 Å². The van der Waals surface area contributed by atoms with Gasteiger partial charge in [-0.15, -0.1) is 0 Å². The predicted octanol–water partition coefficient (Wildman–Crippen LogP) is 2.26. The minimum Gasteiger partial charge on any atom is -0.450 e. The first-order valence-electron chi connectivity index (χ1n) is 5.37. The van der Waals surface area contributed by atoms with Crippen molar-refractivity contribution >= 4 is 13.7 Å². The van der Waals surface area contributed by atoms with Gasteiger partial charge in [-0.2, -0.15) is 0 Å². The second-order valence-electron chi connectivity index (χ2n) is 3.42. The Bertz CT molecular complexity index is 436. The van der Waals surface area contributed by atoms with Crippen LogP contribution in [0.4, 0.5) is 4.79 Å². The number of benzene rings is 1. The lowest BCUT2D eigenvalue weighted by Crippen LogP contribution is -2.29. The van der Waals surface area contributed by atoms with E-state index in [1.165, 1.54) is 0 Å². The molecule has 2 N–H and O–H groups in total. The molecule has 1 amide bonds. The Morgan fingerprint density at radius 1 is 1.44 bits per heavy atom. The minimum absolute atomic E-state index is 0.177. The molecule has 18 heavy (non-hydrogen) atoms. The molecule has 1 aromatic carbocycles. The van der Waals surface area contributed by atoms with Crippen LogP contribution in [0.5, 0.6) is 0 Å². The Kier molecular flexibility index (Phi) is 5.34. The fourth-order valence-corrected chi connectivity index (χ4v) is 2.41. The van der Waals surface area contributed by atoms with Gasteiger partial charge in [0.1, 0.15) is 0 Å². The number of nitrogens with one attached hydrogen (secondary N) is 1. The van der Waals surface area contributed by atoms with E-state index in [4.69, 9.17) is 4.74 Å². The van der Waals surface area contributed by atoms with Crippen molar-refractivity contribution in [2.75, 3.05) is 13.7 Å². The molecular weight excluding hydrogens is 257 g/mol. The van der Waals surface area contributed by atoms with Gasteiger partial charge in [-0.05, 0) is 12.5 Å². The van der Waals surface area contributed by atoms with Crippen LogP contribution in [0.15, 0.2) is 30.3 Å². The van der Waals surface area contributed by atoms with Crippen LogP contribution in [-0.4, -0.2) is 24.7 Å². The van der Waals surface area contributed by atoms with Gasteiger partial charge in [-0.1, -0.05) is 30.3 Å². The molecule has 0 bridgehead atoms. The maximum Gasteiger partial charge on any atom is 0.408 e. The molecule has 0 fully saturated rings. The maximum atomic E-state index is 11.9. The maximum absolute atomic E-state index is 11.9. The molecule has 0 radical (unpaired) electrons. The first kappa shape index (κ1) is 14.7. The highest BCUT2D eigenvalue weighted by atomic mass is 31.2. The summed E-state index contributed by atoms with van der Waals surface area (Å²) in [6.07, 6.45) is -0.766. The van der Waals surface area contributed by atoms with Crippen LogP contribution in [0.2, 0.25) is 0 Å². The third kappa shape index (κ3) is 3.84. The van der Waals surface area contributed by atoms with Crippen LogP contribution in [0, 0.1) is 0 Å². The fraction of sp³-hybridized carbons (Fsp3) is 0.364. The van der Waals surface area contributed by atoms with Crippen molar-refractivity contribution in [3.63, 3.8) is 0 Å². The topological polar surface area (TPSA) is 84.9 Å². The molecule has 0 aliphatic carbocycles. The van der Waals surface area contributed by atoms with E-state index in [9.17, 15) is 14.3 Å². The molecule has 6 nitrogen and oxygen atoms in total. The highest BCUT2D eigenvalue weighted by Crippen LogP contribution is 2.54. The number of amides is 1. The second-order valence-corrected chi connectivity index (χ2v) is 5.43. The molecule has 0 aliphatic heterocycles. The molecule has 0 aliphatic rings. The molecule has 0 saturated carbocycles. The van der Waals surface area contributed by atoms with Gasteiger partial charge in [-0.25, -0.2) is 4.79 Å². The number of hydrogen-bond donors (Lipinski definition) is 2. The SMILES string of the molecule is CCOC(=O)NC(c1ccccc1)P(=O)(O)OC. The van der Waals surface area contributed by atoms with Crippen molar-refractivity contribution in [2.24, 2.45) is 0 Å². The number of rotatable bonds is 5. The van der Waals surface area contributed by atoms with E-state index in [1.54, 1.807) is 37.3 Å². The quantitative estimate of drug-likeness (QED) is 0.804. The van der Waals surface area contributed by atoms with Gasteiger partial charge in [0, 0.05) is 7.11 Å². The summed E-state index contributed by atoms with van der Waals surface area (Å²) in [5, 5.41) is 2.33. The molecule has 0 spiro atoms. The van der Waals surface area contributed by atoms with Crippen molar-refractivity contribution in [3.8, 4) is 0 Å². The summed E-state index contributed by atoms with van der Waals surface area (Å²) in [5.41, 5.74) is 0.471. The van der Waals surface area contributed by atoms with E-state index < -0.39 is 19.5 Å². The molecule has 1 aromatic rings. The van der Waals surface area contributed by atoms with Crippen molar-refractivity contribution in [1.29, 1.82) is 0 Å². The van der Waals surface area contributed by atoms with Crippen LogP contribution < -0.4 is 5.32 Å². The average Bonchev–Trinajstić information content (AvgIpc) is 2.37. The van der Waals surface area contributed by atoms with Crippen molar-refractivity contribution in [3.05, 3.63) is 35.9 Å². The van der Waals surface area contributed by atoms with Crippen molar-refractivity contribution in [2.45, 2.75) is 12.7 Å². The number of hydrogen-bond acceptors (Lipinski definition) is 4. The molecule has 2 unspecified atom stereocenters. The largest absolute Gasteiger partial charge is 0.450 e. The predicted molar refractivity (Wildman–Crippen MR) is 66.2 cm³/mol. The lowest BCUT2D eigenvalue weighted by molar-refractivity contribution is 0.149. The lowest BCUT2D eigenvalue weighted by atomic mass is 10.2. The first-order valence-corrected chi connectivity index (χ1v) is 7.02. The van der Waals surface area contributed by atoms with E-state index in [1.807, 2.05) is 0 Å². The number of carbonyl (C=O) groups is 1. The molecule has 0 saturated heterocycles. The normalized spacial score (nSPS) is 15.5. The van der Waals surface area contributed by atoms with Gasteiger partial charge in [0.05, 0.1) is 6.61 Å². The van der Waals surface area contributed by atoms with E-state index in [0.29, 0.717) is 5.56 Å². The van der Waals surface area contributed by atoms with Crippen LogP contribution in [0.3, 0.4) is 0 Å². The molecule has 1 rings (SSSR count). The molecule has 100 valence electrons. The van der Waals surface area contributed by atoms with E-state index in [0.717, 1.165) is 7.11 Å². The van der Waals surface area contributed by atoms with E-state index in [2.05, 4.69) is 9.84 Å². The zero-order valence-electron chi connectivity index (χ0n) is 10.2. The Balaban J connectivity index is 2.97. The standard InChI is InChI=1S/C11H16NO5P/c1-3-17-11(13)12-10(18(14,15)16-2)9-7-5-4-6-8-9/h4-8,10H,3H2,1-2H3,(H,12,13)(H,14,15). The highest BCUT2D eigenvalue weighted by molar-refractivity contribution is 7.53. The summed E-state index contributed by atoms with van der Waals surface area (Å²) in [7, 11) is -2.88. The third-order valence-corrected chi connectivity index (χ3v) is 3.84. The van der Waals surface area contributed by atoms with Gasteiger partial charge in [0.15, 0.2) is 5.78 Å². The van der Waals surface area contributed by atoms with Gasteiger partial charge < -0.3 is 19.5 Å².